The van der Waals surface area contributed by atoms with E-state index in [2.05, 4.69) is 0 Å². The minimum absolute atomic E-state index is 0.0172. The third-order valence-electron chi connectivity index (χ3n) is 8.53. The molecule has 6 aromatic carbocycles. The van der Waals surface area contributed by atoms with Crippen LogP contribution in [0.2, 0.25) is 30.1 Å². The number of carboxylic acid groups (broad SMARTS) is 6. The van der Waals surface area contributed by atoms with Gasteiger partial charge < -0.3 is 30.6 Å². The molecule has 0 fully saturated rings. The second-order valence-corrected chi connectivity index (χ2v) is 13.8. The third kappa shape index (κ3) is 5.88. The highest BCUT2D eigenvalue weighted by molar-refractivity contribution is 6.50. The van der Waals surface area contributed by atoms with Crippen LogP contribution in [-0.4, -0.2) is 66.5 Å². The van der Waals surface area contributed by atoms with E-state index >= 15 is 0 Å². The van der Waals surface area contributed by atoms with Crippen LogP contribution in [0.25, 0.3) is 54.6 Å². The number of aromatic carboxylic acids is 6. The van der Waals surface area contributed by atoms with Gasteiger partial charge in [0.25, 0.3) is 0 Å². The molecule has 0 heterocycles. The minimum atomic E-state index is -1.83. The first-order valence-corrected chi connectivity index (χ1v) is 16.8. The molecular formula is C36H14Cl6O12. The molecule has 6 rings (SSSR count). The van der Waals surface area contributed by atoms with E-state index in [4.69, 9.17) is 69.6 Å². The summed E-state index contributed by atoms with van der Waals surface area (Å²) < 4.78 is 0. The van der Waals surface area contributed by atoms with Crippen molar-refractivity contribution in [1.29, 1.82) is 0 Å². The molecule has 0 aliphatic carbocycles. The number of hydrogen-bond donors (Lipinski definition) is 6. The molecule has 0 bridgehead atoms. The number of fused-ring (bicyclic) bond motifs is 3. The second-order valence-electron chi connectivity index (χ2n) is 11.4. The fraction of sp³-hybridized carbons (Fsp3) is 0. The molecule has 0 saturated carbocycles. The van der Waals surface area contributed by atoms with Crippen molar-refractivity contribution in [2.45, 2.75) is 0 Å². The Morgan fingerprint density at radius 3 is 1.54 bits per heavy atom. The third-order valence-corrected chi connectivity index (χ3v) is 10.8. The van der Waals surface area contributed by atoms with Gasteiger partial charge in [-0.1, -0.05) is 87.8 Å². The normalized spacial score (nSPS) is 11.3. The van der Waals surface area contributed by atoms with Gasteiger partial charge in [-0.25, -0.2) is 28.8 Å². The number of hydrogen-bond acceptors (Lipinski definition) is 6. The summed E-state index contributed by atoms with van der Waals surface area (Å²) in [5, 5.41) is 57.1. The average Bonchev–Trinajstić information content (AvgIpc) is 3.07. The highest BCUT2D eigenvalue weighted by atomic mass is 35.5. The van der Waals surface area contributed by atoms with E-state index in [-0.39, 0.29) is 48.1 Å². The lowest BCUT2D eigenvalue weighted by Crippen LogP contribution is -2.12. The molecule has 272 valence electrons. The van der Waals surface area contributed by atoms with Crippen LogP contribution in [0.5, 0.6) is 0 Å². The smallest absolute Gasteiger partial charge is 0.337 e. The summed E-state index contributed by atoms with van der Waals surface area (Å²) in [6.07, 6.45) is 0. The van der Waals surface area contributed by atoms with Crippen molar-refractivity contribution in [3.05, 3.63) is 112 Å². The van der Waals surface area contributed by atoms with Crippen molar-refractivity contribution in [3.63, 3.8) is 0 Å². The largest absolute Gasteiger partial charge is 0.478 e. The van der Waals surface area contributed by atoms with Crippen molar-refractivity contribution in [3.8, 4) is 22.3 Å². The van der Waals surface area contributed by atoms with E-state index in [1.54, 1.807) is 0 Å². The molecule has 6 aromatic rings. The zero-order valence-corrected chi connectivity index (χ0v) is 30.6. The quantitative estimate of drug-likeness (QED) is 0.0841. The SMILES string of the molecule is O=C(O)c1cc2cccc(-c3c(Cl)c(Cl)c(C(=O)O)c4c(C(=O)O)c(Cl)c(Cl)cc34)c2c(-c2cc3cc(Cl)cc(C(=O)O)c3c(C(=O)O)c2Cl)c1C(=O)O. The maximum absolute atomic E-state index is 13.1. The molecule has 0 aliphatic rings. The van der Waals surface area contributed by atoms with Crippen LogP contribution in [0.15, 0.2) is 48.5 Å². The lowest BCUT2D eigenvalue weighted by atomic mass is 9.82. The molecule has 18 heteroatoms. The van der Waals surface area contributed by atoms with Crippen LogP contribution in [-0.2, 0) is 0 Å². The Morgan fingerprint density at radius 2 is 0.981 bits per heavy atom. The number of carboxylic acids is 6. The van der Waals surface area contributed by atoms with Crippen molar-refractivity contribution in [1.82, 2.24) is 0 Å². The van der Waals surface area contributed by atoms with Gasteiger partial charge in [-0.15, -0.1) is 0 Å². The van der Waals surface area contributed by atoms with Crippen molar-refractivity contribution in [2.24, 2.45) is 0 Å². The van der Waals surface area contributed by atoms with Gasteiger partial charge in [0.05, 0.1) is 58.5 Å². The van der Waals surface area contributed by atoms with E-state index < -0.39 is 106 Å². The fourth-order valence-electron chi connectivity index (χ4n) is 6.56. The number of carbonyl (C=O) groups is 6. The number of halogens is 6. The number of rotatable bonds is 8. The van der Waals surface area contributed by atoms with Gasteiger partial charge >= 0.3 is 35.8 Å². The average molecular weight is 851 g/mol. The summed E-state index contributed by atoms with van der Waals surface area (Å²) in [6, 6.07) is 9.49. The Morgan fingerprint density at radius 1 is 0.426 bits per heavy atom. The summed E-state index contributed by atoms with van der Waals surface area (Å²) in [5.74, 6) is -10.3. The maximum atomic E-state index is 13.1. The fourth-order valence-corrected chi connectivity index (χ4v) is 8.11. The molecule has 12 nitrogen and oxygen atoms in total. The summed E-state index contributed by atoms with van der Waals surface area (Å²) in [7, 11) is 0. The summed E-state index contributed by atoms with van der Waals surface area (Å²) in [5.41, 5.74) is -5.88. The molecular weight excluding hydrogens is 837 g/mol. The minimum Gasteiger partial charge on any atom is -0.478 e. The first kappa shape index (κ1) is 38.4. The van der Waals surface area contributed by atoms with Gasteiger partial charge in [0.1, 0.15) is 0 Å². The van der Waals surface area contributed by atoms with Crippen LogP contribution < -0.4 is 0 Å². The molecule has 0 radical (unpaired) electrons. The Kier molecular flexibility index (Phi) is 9.82. The molecule has 0 aliphatic heterocycles. The molecule has 6 N–H and O–H groups in total. The summed E-state index contributed by atoms with van der Waals surface area (Å²) in [4.78, 5) is 75.9. The van der Waals surface area contributed by atoms with E-state index in [1.165, 1.54) is 24.3 Å². The van der Waals surface area contributed by atoms with E-state index in [9.17, 15) is 59.4 Å². The predicted octanol–water partition coefficient (Wildman–Crippen LogP) is 10.6. The van der Waals surface area contributed by atoms with E-state index in [1.807, 2.05) is 0 Å². The second kappa shape index (κ2) is 13.8. The van der Waals surface area contributed by atoms with Gasteiger partial charge in [0.15, 0.2) is 0 Å². The lowest BCUT2D eigenvalue weighted by molar-refractivity contribution is 0.0652. The number of benzene rings is 6. The lowest BCUT2D eigenvalue weighted by Gasteiger charge is -2.22. The van der Waals surface area contributed by atoms with Crippen molar-refractivity contribution < 1.29 is 59.4 Å². The van der Waals surface area contributed by atoms with Gasteiger partial charge in [-0.05, 0) is 57.4 Å². The first-order valence-electron chi connectivity index (χ1n) is 14.6. The zero-order valence-electron chi connectivity index (χ0n) is 26.0. The Hall–Kier alpha value is -5.34. The molecule has 0 atom stereocenters. The predicted molar refractivity (Wildman–Crippen MR) is 202 cm³/mol. The standard InChI is InChI=1S/C36H14Cl6O12/c37-11-4-10-6-14(27(39)24(34(49)50)19(10)16(7-11)32(45)46)22-18-9(5-15(31(43)44)23(22)33(47)48)2-1-3-12(18)20-13-8-17(38)28(40)25(35(51)52)21(13)26(36(53)54)30(42)29(20)41/h1-8H,(H,43,44)(H,45,46)(H,47,48)(H,49,50)(H,51,52)(H,53,54). The molecule has 54 heavy (non-hydrogen) atoms. The molecule has 0 aromatic heterocycles. The zero-order chi connectivity index (χ0) is 39.8. The topological polar surface area (TPSA) is 224 Å². The van der Waals surface area contributed by atoms with Crippen LogP contribution in [0.4, 0.5) is 0 Å². The van der Waals surface area contributed by atoms with Crippen LogP contribution >= 0.6 is 69.6 Å². The summed E-state index contributed by atoms with van der Waals surface area (Å²) in [6.45, 7) is 0. The van der Waals surface area contributed by atoms with Crippen LogP contribution in [0.1, 0.15) is 62.1 Å². The van der Waals surface area contributed by atoms with E-state index in [0.29, 0.717) is 0 Å². The Balaban J connectivity index is 1.98. The Labute approximate surface area is 329 Å². The van der Waals surface area contributed by atoms with Crippen LogP contribution in [0, 0.1) is 0 Å². The first-order chi connectivity index (χ1) is 25.3. The molecule has 0 spiro atoms. The Bertz CT molecular complexity index is 2790. The van der Waals surface area contributed by atoms with Crippen molar-refractivity contribution in [2.75, 3.05) is 0 Å². The highest BCUT2D eigenvalue weighted by Gasteiger charge is 2.33. The van der Waals surface area contributed by atoms with Crippen LogP contribution in [0.3, 0.4) is 0 Å². The molecule has 0 saturated heterocycles. The molecule has 0 amide bonds. The highest BCUT2D eigenvalue weighted by Crippen LogP contribution is 2.52. The maximum Gasteiger partial charge on any atom is 0.337 e. The van der Waals surface area contributed by atoms with Crippen molar-refractivity contribution >= 4 is 138 Å². The monoisotopic (exact) mass is 848 g/mol. The summed E-state index contributed by atoms with van der Waals surface area (Å²) >= 11 is 39.0. The van der Waals surface area contributed by atoms with Gasteiger partial charge in [0, 0.05) is 32.5 Å². The van der Waals surface area contributed by atoms with Gasteiger partial charge in [0.2, 0.25) is 0 Å². The molecule has 0 unspecified atom stereocenters. The van der Waals surface area contributed by atoms with Gasteiger partial charge in [-0.2, -0.15) is 0 Å². The van der Waals surface area contributed by atoms with E-state index in [0.717, 1.165) is 24.3 Å². The van der Waals surface area contributed by atoms with Gasteiger partial charge in [-0.3, -0.25) is 0 Å².